The molecule has 3 N–H and O–H groups in total. The van der Waals surface area contributed by atoms with Crippen molar-refractivity contribution in [3.63, 3.8) is 0 Å². The summed E-state index contributed by atoms with van der Waals surface area (Å²) in [5.41, 5.74) is 10.1. The van der Waals surface area contributed by atoms with Crippen molar-refractivity contribution in [2.45, 2.75) is 6.92 Å². The molecular weight excluding hydrogens is 250 g/mol. The second-order valence-corrected chi connectivity index (χ2v) is 5.01. The number of hydrogen-bond donors (Lipinski definition) is 2. The van der Waals surface area contributed by atoms with Crippen LogP contribution >= 0.6 is 0 Å². The number of hydrogen-bond acceptors (Lipinski definition) is 5. The van der Waals surface area contributed by atoms with Gasteiger partial charge in [-0.15, -0.1) is 0 Å². The Morgan fingerprint density at radius 2 is 1.95 bits per heavy atom. The van der Waals surface area contributed by atoms with Crippen LogP contribution in [0.5, 0.6) is 0 Å². The molecule has 0 spiro atoms. The summed E-state index contributed by atoms with van der Waals surface area (Å²) in [6, 6.07) is 8.24. The lowest BCUT2D eigenvalue weighted by Crippen LogP contribution is -2.43. The fourth-order valence-electron chi connectivity index (χ4n) is 2.56. The number of piperazine rings is 1. The Hall–Kier alpha value is -2.14. The molecule has 5 nitrogen and oxygen atoms in total. The Balaban J connectivity index is 2.09. The minimum Gasteiger partial charge on any atom is -0.368 e. The second-order valence-electron chi connectivity index (χ2n) is 5.01. The van der Waals surface area contributed by atoms with Crippen molar-refractivity contribution in [2.24, 2.45) is 0 Å². The van der Waals surface area contributed by atoms with E-state index < -0.39 is 0 Å². The van der Waals surface area contributed by atoms with Gasteiger partial charge in [0.25, 0.3) is 0 Å². The Labute approximate surface area is 118 Å². The Morgan fingerprint density at radius 1 is 1.20 bits per heavy atom. The number of aryl methyl sites for hydroxylation is 1. The number of rotatable bonds is 2. The molecule has 0 aliphatic carbocycles. The van der Waals surface area contributed by atoms with E-state index in [0.717, 1.165) is 43.1 Å². The van der Waals surface area contributed by atoms with Crippen LogP contribution in [0, 0.1) is 6.92 Å². The van der Waals surface area contributed by atoms with Crippen LogP contribution in [0.2, 0.25) is 0 Å². The van der Waals surface area contributed by atoms with Gasteiger partial charge in [-0.2, -0.15) is 0 Å². The molecule has 104 valence electrons. The molecule has 2 aromatic rings. The van der Waals surface area contributed by atoms with Gasteiger partial charge in [0, 0.05) is 31.7 Å². The van der Waals surface area contributed by atoms with E-state index in [0.29, 0.717) is 5.95 Å². The van der Waals surface area contributed by atoms with Gasteiger partial charge < -0.3 is 16.0 Å². The lowest BCUT2D eigenvalue weighted by atomic mass is 10.0. The van der Waals surface area contributed by atoms with Crippen molar-refractivity contribution >= 4 is 11.6 Å². The summed E-state index contributed by atoms with van der Waals surface area (Å²) in [6.45, 7) is 5.99. The molecule has 2 heterocycles. The Kier molecular flexibility index (Phi) is 3.52. The van der Waals surface area contributed by atoms with Gasteiger partial charge in [-0.25, -0.2) is 9.97 Å². The molecule has 20 heavy (non-hydrogen) atoms. The summed E-state index contributed by atoms with van der Waals surface area (Å²) in [5.74, 6) is 0.321. The molecule has 0 radical (unpaired) electrons. The minimum atomic E-state index is 0.321. The Morgan fingerprint density at radius 3 is 2.70 bits per heavy atom. The van der Waals surface area contributed by atoms with Crippen molar-refractivity contribution in [2.75, 3.05) is 36.8 Å². The summed E-state index contributed by atoms with van der Waals surface area (Å²) in [6.07, 6.45) is 1.84. The second kappa shape index (κ2) is 5.46. The fraction of sp³-hybridized carbons (Fsp3) is 0.333. The third kappa shape index (κ3) is 2.44. The van der Waals surface area contributed by atoms with Crippen LogP contribution in [0.15, 0.2) is 30.5 Å². The molecule has 1 aliphatic heterocycles. The summed E-state index contributed by atoms with van der Waals surface area (Å²) in [4.78, 5) is 11.0. The highest BCUT2D eigenvalue weighted by Crippen LogP contribution is 2.31. The molecule has 0 saturated carbocycles. The zero-order chi connectivity index (χ0) is 13.9. The first-order chi connectivity index (χ1) is 9.75. The van der Waals surface area contributed by atoms with Crippen LogP contribution < -0.4 is 16.0 Å². The topological polar surface area (TPSA) is 67.1 Å². The standard InChI is InChI=1S/C15H19N5/c1-11-4-2-3-5-12(11)14-13(10-18-15(16)19-14)20-8-6-17-7-9-20/h2-5,10,17H,6-9H2,1H3,(H2,16,18,19). The maximum atomic E-state index is 5.79. The summed E-state index contributed by atoms with van der Waals surface area (Å²) >= 11 is 0. The van der Waals surface area contributed by atoms with Gasteiger partial charge in [0.1, 0.15) is 0 Å². The lowest BCUT2D eigenvalue weighted by molar-refractivity contribution is 0.588. The van der Waals surface area contributed by atoms with E-state index in [-0.39, 0.29) is 0 Å². The van der Waals surface area contributed by atoms with Crippen molar-refractivity contribution in [3.8, 4) is 11.3 Å². The Bertz CT molecular complexity index is 605. The first-order valence-corrected chi connectivity index (χ1v) is 6.90. The van der Waals surface area contributed by atoms with Crippen LogP contribution in [0.3, 0.4) is 0 Å². The largest absolute Gasteiger partial charge is 0.368 e. The number of nitrogens with two attached hydrogens (primary N) is 1. The lowest BCUT2D eigenvalue weighted by Gasteiger charge is -2.30. The van der Waals surface area contributed by atoms with Crippen molar-refractivity contribution in [3.05, 3.63) is 36.0 Å². The smallest absolute Gasteiger partial charge is 0.220 e. The van der Waals surface area contributed by atoms with E-state index in [1.165, 1.54) is 5.56 Å². The molecule has 5 heteroatoms. The van der Waals surface area contributed by atoms with Crippen molar-refractivity contribution in [1.82, 2.24) is 15.3 Å². The summed E-state index contributed by atoms with van der Waals surface area (Å²) in [5, 5.41) is 3.36. The SMILES string of the molecule is Cc1ccccc1-c1nc(N)ncc1N1CCNCC1. The van der Waals surface area contributed by atoms with E-state index >= 15 is 0 Å². The predicted octanol–water partition coefficient (Wildman–Crippen LogP) is 1.44. The van der Waals surface area contributed by atoms with Crippen molar-refractivity contribution in [1.29, 1.82) is 0 Å². The van der Waals surface area contributed by atoms with Gasteiger partial charge in [-0.05, 0) is 12.5 Å². The maximum absolute atomic E-state index is 5.79. The van der Waals surface area contributed by atoms with E-state index in [1.54, 1.807) is 0 Å². The average molecular weight is 269 g/mol. The molecule has 0 bridgehead atoms. The van der Waals surface area contributed by atoms with Gasteiger partial charge in [0.2, 0.25) is 5.95 Å². The first-order valence-electron chi connectivity index (χ1n) is 6.90. The third-order valence-corrected chi connectivity index (χ3v) is 3.65. The molecule has 1 saturated heterocycles. The highest BCUT2D eigenvalue weighted by Gasteiger charge is 2.18. The zero-order valence-corrected chi connectivity index (χ0v) is 11.6. The normalized spacial score (nSPS) is 15.3. The van der Waals surface area contributed by atoms with Crippen LogP contribution in [0.4, 0.5) is 11.6 Å². The quantitative estimate of drug-likeness (QED) is 0.863. The van der Waals surface area contributed by atoms with E-state index in [1.807, 2.05) is 18.3 Å². The monoisotopic (exact) mass is 269 g/mol. The molecule has 1 fully saturated rings. The number of nitrogen functional groups attached to an aromatic ring is 1. The van der Waals surface area contributed by atoms with E-state index in [2.05, 4.69) is 39.2 Å². The maximum Gasteiger partial charge on any atom is 0.220 e. The minimum absolute atomic E-state index is 0.321. The van der Waals surface area contributed by atoms with Crippen LogP contribution in [0.1, 0.15) is 5.56 Å². The predicted molar refractivity (Wildman–Crippen MR) is 81.7 cm³/mol. The molecule has 1 aliphatic rings. The fourth-order valence-corrected chi connectivity index (χ4v) is 2.56. The number of aromatic nitrogens is 2. The van der Waals surface area contributed by atoms with Crippen LogP contribution in [-0.2, 0) is 0 Å². The molecule has 3 rings (SSSR count). The molecule has 1 aromatic heterocycles. The van der Waals surface area contributed by atoms with Gasteiger partial charge in [0.15, 0.2) is 0 Å². The van der Waals surface area contributed by atoms with Gasteiger partial charge in [-0.1, -0.05) is 24.3 Å². The third-order valence-electron chi connectivity index (χ3n) is 3.65. The van der Waals surface area contributed by atoms with Crippen LogP contribution in [0.25, 0.3) is 11.3 Å². The van der Waals surface area contributed by atoms with Gasteiger partial charge >= 0.3 is 0 Å². The molecular formula is C15H19N5. The number of nitrogens with one attached hydrogen (secondary N) is 1. The zero-order valence-electron chi connectivity index (χ0n) is 11.6. The summed E-state index contributed by atoms with van der Waals surface area (Å²) in [7, 11) is 0. The van der Waals surface area contributed by atoms with Gasteiger partial charge in [-0.3, -0.25) is 0 Å². The highest BCUT2D eigenvalue weighted by molar-refractivity contribution is 5.77. The van der Waals surface area contributed by atoms with E-state index in [9.17, 15) is 0 Å². The number of anilines is 2. The molecule has 0 atom stereocenters. The molecule has 0 amide bonds. The van der Waals surface area contributed by atoms with Gasteiger partial charge in [0.05, 0.1) is 17.6 Å². The van der Waals surface area contributed by atoms with E-state index in [4.69, 9.17) is 5.73 Å². The molecule has 1 aromatic carbocycles. The van der Waals surface area contributed by atoms with Crippen LogP contribution in [-0.4, -0.2) is 36.1 Å². The summed E-state index contributed by atoms with van der Waals surface area (Å²) < 4.78 is 0. The molecule has 0 unspecified atom stereocenters. The average Bonchev–Trinajstić information content (AvgIpc) is 2.48. The number of benzene rings is 1. The number of nitrogens with zero attached hydrogens (tertiary/aromatic N) is 3. The first kappa shape index (κ1) is 12.9. The highest BCUT2D eigenvalue weighted by atomic mass is 15.2. The van der Waals surface area contributed by atoms with Crippen molar-refractivity contribution < 1.29 is 0 Å².